The molecule has 3 rings (SSSR count). The van der Waals surface area contributed by atoms with Crippen LogP contribution in [0.25, 0.3) is 0 Å². The van der Waals surface area contributed by atoms with Crippen molar-refractivity contribution < 1.29 is 29.3 Å². The molecule has 0 aromatic heterocycles. The van der Waals surface area contributed by atoms with Crippen molar-refractivity contribution in [3.8, 4) is 11.5 Å². The lowest BCUT2D eigenvalue weighted by atomic mass is 10.1. The van der Waals surface area contributed by atoms with E-state index in [0.29, 0.717) is 0 Å². The van der Waals surface area contributed by atoms with Crippen molar-refractivity contribution in [2.75, 3.05) is 40.4 Å². The lowest BCUT2D eigenvalue weighted by Gasteiger charge is -2.38. The molecule has 156 valence electrons. The fourth-order valence-corrected chi connectivity index (χ4v) is 3.79. The van der Waals surface area contributed by atoms with Gasteiger partial charge in [-0.3, -0.25) is 9.80 Å². The first-order chi connectivity index (χ1) is 13.4. The van der Waals surface area contributed by atoms with Gasteiger partial charge in [-0.25, -0.2) is 9.59 Å². The van der Waals surface area contributed by atoms with E-state index in [2.05, 4.69) is 21.9 Å². The van der Waals surface area contributed by atoms with E-state index in [1.54, 1.807) is 14.2 Å². The van der Waals surface area contributed by atoms with E-state index in [9.17, 15) is 0 Å². The molecule has 0 atom stereocenters. The number of ether oxygens (including phenoxy) is 2. The number of carboxylic acids is 2. The lowest BCUT2D eigenvalue weighted by molar-refractivity contribution is -0.159. The number of hydrogen-bond donors (Lipinski definition) is 2. The first-order valence-electron chi connectivity index (χ1n) is 9.58. The highest BCUT2D eigenvalue weighted by atomic mass is 16.5. The standard InChI is InChI=1S/C18H28N2O2.C2H2O4/c1-21-17-8-7-15(13-18(17)22-2)14-19-9-11-20(12-10-19)16-5-3-4-6-16;3-1(4)2(5)6/h7-8,13,16H,3-6,9-12,14H2,1-2H3;(H,3,4)(H,5,6). The zero-order chi connectivity index (χ0) is 20.5. The third kappa shape index (κ3) is 6.38. The van der Waals surface area contributed by atoms with Crippen molar-refractivity contribution in [2.45, 2.75) is 38.3 Å². The van der Waals surface area contributed by atoms with Crippen LogP contribution in [0.3, 0.4) is 0 Å². The predicted molar refractivity (Wildman–Crippen MR) is 104 cm³/mol. The summed E-state index contributed by atoms with van der Waals surface area (Å²) in [6.07, 6.45) is 5.68. The first kappa shape index (κ1) is 22.0. The molecular formula is C20H30N2O6. The van der Waals surface area contributed by atoms with Crippen molar-refractivity contribution in [3.05, 3.63) is 23.8 Å². The molecule has 28 heavy (non-hydrogen) atoms. The highest BCUT2D eigenvalue weighted by Crippen LogP contribution is 2.28. The molecule has 0 bridgehead atoms. The normalized spacial score (nSPS) is 18.2. The zero-order valence-electron chi connectivity index (χ0n) is 16.6. The van der Waals surface area contributed by atoms with E-state index < -0.39 is 11.9 Å². The first-order valence-corrected chi connectivity index (χ1v) is 9.58. The second-order valence-electron chi connectivity index (χ2n) is 7.05. The molecule has 2 aliphatic rings. The summed E-state index contributed by atoms with van der Waals surface area (Å²) in [7, 11) is 3.38. The van der Waals surface area contributed by atoms with Crippen LogP contribution in [0.4, 0.5) is 0 Å². The number of piperazine rings is 1. The van der Waals surface area contributed by atoms with Crippen molar-refractivity contribution >= 4 is 11.9 Å². The number of aliphatic carboxylic acids is 2. The molecule has 1 heterocycles. The Balaban J connectivity index is 0.000000409. The summed E-state index contributed by atoms with van der Waals surface area (Å²) >= 11 is 0. The van der Waals surface area contributed by atoms with E-state index in [-0.39, 0.29) is 0 Å². The van der Waals surface area contributed by atoms with Crippen LogP contribution in [-0.4, -0.2) is 78.4 Å². The van der Waals surface area contributed by atoms with Gasteiger partial charge in [-0.15, -0.1) is 0 Å². The van der Waals surface area contributed by atoms with Gasteiger partial charge >= 0.3 is 11.9 Å². The maximum absolute atomic E-state index is 9.10. The Bertz CT molecular complexity index is 640. The molecular weight excluding hydrogens is 364 g/mol. The van der Waals surface area contributed by atoms with Crippen LogP contribution in [0, 0.1) is 0 Å². The van der Waals surface area contributed by atoms with Gasteiger partial charge in [0.2, 0.25) is 0 Å². The largest absolute Gasteiger partial charge is 0.493 e. The van der Waals surface area contributed by atoms with Crippen molar-refractivity contribution in [1.82, 2.24) is 9.80 Å². The van der Waals surface area contributed by atoms with Crippen LogP contribution in [0.1, 0.15) is 31.2 Å². The quantitative estimate of drug-likeness (QED) is 0.731. The minimum absolute atomic E-state index is 0.803. The second kappa shape index (κ2) is 10.9. The molecule has 8 nitrogen and oxygen atoms in total. The Morgan fingerprint density at radius 1 is 0.964 bits per heavy atom. The van der Waals surface area contributed by atoms with E-state index in [1.165, 1.54) is 57.4 Å². The molecule has 0 unspecified atom stereocenters. The highest BCUT2D eigenvalue weighted by Gasteiger charge is 2.26. The summed E-state index contributed by atoms with van der Waals surface area (Å²) in [5.74, 6) is -2.02. The number of carboxylic acid groups (broad SMARTS) is 2. The Morgan fingerprint density at radius 2 is 1.54 bits per heavy atom. The van der Waals surface area contributed by atoms with Crippen molar-refractivity contribution in [2.24, 2.45) is 0 Å². The van der Waals surface area contributed by atoms with Crippen LogP contribution in [0.5, 0.6) is 11.5 Å². The third-order valence-corrected chi connectivity index (χ3v) is 5.29. The number of benzene rings is 1. The van der Waals surface area contributed by atoms with Crippen LogP contribution in [0.2, 0.25) is 0 Å². The van der Waals surface area contributed by atoms with Crippen molar-refractivity contribution in [3.63, 3.8) is 0 Å². The van der Waals surface area contributed by atoms with Crippen LogP contribution >= 0.6 is 0 Å². The van der Waals surface area contributed by atoms with E-state index in [4.69, 9.17) is 29.3 Å². The number of carbonyl (C=O) groups is 2. The Morgan fingerprint density at radius 3 is 2.04 bits per heavy atom. The summed E-state index contributed by atoms with van der Waals surface area (Å²) in [5, 5.41) is 14.8. The van der Waals surface area contributed by atoms with Crippen LogP contribution in [-0.2, 0) is 16.1 Å². The highest BCUT2D eigenvalue weighted by molar-refractivity contribution is 6.27. The molecule has 0 amide bonds. The minimum atomic E-state index is -1.82. The summed E-state index contributed by atoms with van der Waals surface area (Å²) in [6.45, 7) is 5.78. The Labute approximate surface area is 165 Å². The summed E-state index contributed by atoms with van der Waals surface area (Å²) < 4.78 is 10.7. The maximum Gasteiger partial charge on any atom is 0.414 e. The zero-order valence-corrected chi connectivity index (χ0v) is 16.6. The van der Waals surface area contributed by atoms with Gasteiger partial charge in [0.25, 0.3) is 0 Å². The van der Waals surface area contributed by atoms with E-state index in [1.807, 2.05) is 6.07 Å². The maximum atomic E-state index is 9.10. The van der Waals surface area contributed by atoms with Gasteiger partial charge < -0.3 is 19.7 Å². The monoisotopic (exact) mass is 394 g/mol. The molecule has 0 radical (unpaired) electrons. The van der Waals surface area contributed by atoms with Gasteiger partial charge in [-0.2, -0.15) is 0 Å². The van der Waals surface area contributed by atoms with E-state index >= 15 is 0 Å². The van der Waals surface area contributed by atoms with Crippen LogP contribution in [0.15, 0.2) is 18.2 Å². The fourth-order valence-electron chi connectivity index (χ4n) is 3.79. The SMILES string of the molecule is COc1ccc(CN2CCN(C3CCCC3)CC2)cc1OC.O=C(O)C(=O)O. The van der Waals surface area contributed by atoms with Crippen LogP contribution < -0.4 is 9.47 Å². The molecule has 1 aliphatic carbocycles. The molecule has 2 fully saturated rings. The average molecular weight is 394 g/mol. The summed E-state index contributed by atoms with van der Waals surface area (Å²) in [5.41, 5.74) is 1.30. The number of hydrogen-bond acceptors (Lipinski definition) is 6. The van der Waals surface area contributed by atoms with Crippen molar-refractivity contribution in [1.29, 1.82) is 0 Å². The van der Waals surface area contributed by atoms with Gasteiger partial charge in [-0.1, -0.05) is 18.9 Å². The molecule has 1 aliphatic heterocycles. The van der Waals surface area contributed by atoms with Gasteiger partial charge in [0.15, 0.2) is 11.5 Å². The molecule has 0 spiro atoms. The molecule has 1 aromatic carbocycles. The van der Waals surface area contributed by atoms with Gasteiger partial charge in [0.05, 0.1) is 14.2 Å². The predicted octanol–water partition coefficient (Wildman–Crippen LogP) is 1.92. The number of methoxy groups -OCH3 is 2. The second-order valence-corrected chi connectivity index (χ2v) is 7.05. The lowest BCUT2D eigenvalue weighted by Crippen LogP contribution is -2.49. The van der Waals surface area contributed by atoms with Gasteiger partial charge in [0.1, 0.15) is 0 Å². The smallest absolute Gasteiger partial charge is 0.414 e. The third-order valence-electron chi connectivity index (χ3n) is 5.29. The van der Waals surface area contributed by atoms with Gasteiger partial charge in [0, 0.05) is 38.8 Å². The number of nitrogens with zero attached hydrogens (tertiary/aromatic N) is 2. The molecule has 1 saturated carbocycles. The number of rotatable bonds is 5. The molecule has 8 heteroatoms. The Hall–Kier alpha value is -2.32. The summed E-state index contributed by atoms with van der Waals surface area (Å²) in [4.78, 5) is 23.5. The topological polar surface area (TPSA) is 99.5 Å². The molecule has 2 N–H and O–H groups in total. The minimum Gasteiger partial charge on any atom is -0.493 e. The molecule has 1 saturated heterocycles. The Kier molecular flexibility index (Phi) is 8.53. The molecule has 1 aromatic rings. The summed E-state index contributed by atoms with van der Waals surface area (Å²) in [6, 6.07) is 7.11. The van der Waals surface area contributed by atoms with Gasteiger partial charge in [-0.05, 0) is 30.5 Å². The fraction of sp³-hybridized carbons (Fsp3) is 0.600. The van der Waals surface area contributed by atoms with E-state index in [0.717, 1.165) is 24.1 Å². The average Bonchev–Trinajstić information content (AvgIpc) is 3.23.